The molecule has 2 amide bonds. The summed E-state index contributed by atoms with van der Waals surface area (Å²) in [6.07, 6.45) is 1.68. The highest BCUT2D eigenvalue weighted by Crippen LogP contribution is 2.38. The van der Waals surface area contributed by atoms with Crippen LogP contribution in [0.4, 0.5) is 16.2 Å². The quantitative estimate of drug-likeness (QED) is 0.759. The third-order valence-electron chi connectivity index (χ3n) is 4.97. The summed E-state index contributed by atoms with van der Waals surface area (Å²) in [4.78, 5) is 34.9. The summed E-state index contributed by atoms with van der Waals surface area (Å²) in [5.74, 6) is -0.256. The number of amides is 2. The minimum Gasteiger partial charge on any atom is -0.447 e. The molecule has 2 aliphatic heterocycles. The molecule has 134 valence electrons. The number of anilines is 2. The summed E-state index contributed by atoms with van der Waals surface area (Å²) < 4.78 is 5.00. The highest BCUT2D eigenvalue weighted by Gasteiger charge is 2.30. The molecule has 2 aliphatic rings. The van der Waals surface area contributed by atoms with Crippen molar-refractivity contribution in [1.29, 1.82) is 0 Å². The summed E-state index contributed by atoms with van der Waals surface area (Å²) in [5, 5.41) is 2.91. The molecule has 1 aromatic heterocycles. The molecule has 1 fully saturated rings. The van der Waals surface area contributed by atoms with E-state index in [1.165, 1.54) is 0 Å². The fourth-order valence-electron chi connectivity index (χ4n) is 3.65. The molecule has 3 heterocycles. The molecule has 7 heteroatoms. The van der Waals surface area contributed by atoms with Gasteiger partial charge in [0.1, 0.15) is 6.61 Å². The second kappa shape index (κ2) is 6.05. The monoisotopic (exact) mass is 360 g/mol. The van der Waals surface area contributed by atoms with Gasteiger partial charge in [0.25, 0.3) is 0 Å². The van der Waals surface area contributed by atoms with Crippen molar-refractivity contribution in [3.8, 4) is 0 Å². The normalized spacial score (nSPS) is 19.0. The molecule has 1 N–H and O–H groups in total. The molecule has 5 rings (SSSR count). The predicted octanol–water partition coefficient (Wildman–Crippen LogP) is 3.06. The van der Waals surface area contributed by atoms with E-state index >= 15 is 0 Å². The summed E-state index contributed by atoms with van der Waals surface area (Å²) in [7, 11) is 0. The third kappa shape index (κ3) is 2.68. The number of carbonyl (C=O) groups excluding carboxylic acids is 2. The van der Waals surface area contributed by atoms with Gasteiger partial charge in [-0.3, -0.25) is 14.7 Å². The highest BCUT2D eigenvalue weighted by atomic mass is 16.6. The maximum atomic E-state index is 12.3. The maximum absolute atomic E-state index is 12.3. The Hall–Kier alpha value is -3.48. The first kappa shape index (κ1) is 15.7. The lowest BCUT2D eigenvalue weighted by atomic mass is 9.87. The molecule has 1 saturated heterocycles. The van der Waals surface area contributed by atoms with E-state index in [1.807, 2.05) is 42.5 Å². The Labute approximate surface area is 155 Å². The number of hydrogen-bond acceptors (Lipinski definition) is 5. The molecule has 3 aromatic rings. The lowest BCUT2D eigenvalue weighted by Gasteiger charge is -2.26. The van der Waals surface area contributed by atoms with Gasteiger partial charge >= 0.3 is 6.09 Å². The predicted molar refractivity (Wildman–Crippen MR) is 99.8 cm³/mol. The van der Waals surface area contributed by atoms with Gasteiger partial charge in [-0.05, 0) is 29.8 Å². The van der Waals surface area contributed by atoms with Crippen molar-refractivity contribution in [3.05, 3.63) is 59.9 Å². The first-order valence-electron chi connectivity index (χ1n) is 8.79. The van der Waals surface area contributed by atoms with Crippen LogP contribution in [0, 0.1) is 0 Å². The Morgan fingerprint density at radius 1 is 1.11 bits per heavy atom. The van der Waals surface area contributed by atoms with Crippen molar-refractivity contribution in [1.82, 2.24) is 9.97 Å². The standard InChI is InChI=1S/C20H16N4O3/c25-19-10-14(18-11-21-15-3-1-2-4-16(15)22-18)13-6-5-12(9-17(13)23-19)24-7-8-27-20(24)26/h1-6,9,11,14H,7-8,10H2,(H,23,25). The fraction of sp³-hybridized carbons (Fsp3) is 0.200. The molecule has 1 atom stereocenters. The van der Waals surface area contributed by atoms with Crippen LogP contribution in [0.1, 0.15) is 23.6 Å². The van der Waals surface area contributed by atoms with Crippen LogP contribution < -0.4 is 10.2 Å². The fourth-order valence-corrected chi connectivity index (χ4v) is 3.65. The Morgan fingerprint density at radius 2 is 1.96 bits per heavy atom. The van der Waals surface area contributed by atoms with Crippen LogP contribution >= 0.6 is 0 Å². The number of ether oxygens (including phenoxy) is 1. The van der Waals surface area contributed by atoms with Gasteiger partial charge in [-0.25, -0.2) is 9.78 Å². The van der Waals surface area contributed by atoms with Crippen LogP contribution in [0.15, 0.2) is 48.7 Å². The summed E-state index contributed by atoms with van der Waals surface area (Å²) in [6.45, 7) is 0.878. The minimum absolute atomic E-state index is 0.0800. The topological polar surface area (TPSA) is 84.4 Å². The van der Waals surface area contributed by atoms with Crippen molar-refractivity contribution in [2.45, 2.75) is 12.3 Å². The zero-order valence-corrected chi connectivity index (χ0v) is 14.4. The Balaban J connectivity index is 1.57. The maximum Gasteiger partial charge on any atom is 0.414 e. The lowest BCUT2D eigenvalue weighted by molar-refractivity contribution is -0.116. The van der Waals surface area contributed by atoms with E-state index < -0.39 is 0 Å². The number of cyclic esters (lactones) is 1. The molecule has 27 heavy (non-hydrogen) atoms. The average molecular weight is 360 g/mol. The molecule has 2 aromatic carbocycles. The second-order valence-corrected chi connectivity index (χ2v) is 6.63. The summed E-state index contributed by atoms with van der Waals surface area (Å²) >= 11 is 0. The Bertz CT molecular complexity index is 1080. The van der Waals surface area contributed by atoms with Gasteiger partial charge in [-0.2, -0.15) is 0 Å². The molecule has 0 bridgehead atoms. The third-order valence-corrected chi connectivity index (χ3v) is 4.97. The zero-order chi connectivity index (χ0) is 18.4. The van der Waals surface area contributed by atoms with Gasteiger partial charge in [0.2, 0.25) is 5.91 Å². The summed E-state index contributed by atoms with van der Waals surface area (Å²) in [6, 6.07) is 13.3. The van der Waals surface area contributed by atoms with Gasteiger partial charge in [0, 0.05) is 29.9 Å². The summed E-state index contributed by atoms with van der Waals surface area (Å²) in [5.41, 5.74) is 4.77. The largest absolute Gasteiger partial charge is 0.447 e. The highest BCUT2D eigenvalue weighted by molar-refractivity contribution is 5.97. The van der Waals surface area contributed by atoms with Crippen LogP contribution in [0.3, 0.4) is 0 Å². The van der Waals surface area contributed by atoms with E-state index in [4.69, 9.17) is 9.72 Å². The number of hydrogen-bond donors (Lipinski definition) is 1. The molecular formula is C20H16N4O3. The number of carbonyl (C=O) groups is 2. The minimum atomic E-state index is -0.367. The van der Waals surface area contributed by atoms with Gasteiger partial charge in [0.05, 0.1) is 23.3 Å². The first-order chi connectivity index (χ1) is 13.2. The molecule has 0 spiro atoms. The number of nitrogens with zero attached hydrogens (tertiary/aromatic N) is 3. The molecule has 1 unspecified atom stereocenters. The lowest BCUT2D eigenvalue weighted by Crippen LogP contribution is -2.26. The van der Waals surface area contributed by atoms with Crippen LogP contribution in [-0.4, -0.2) is 35.1 Å². The van der Waals surface area contributed by atoms with Crippen molar-refractivity contribution in [2.75, 3.05) is 23.4 Å². The van der Waals surface area contributed by atoms with Crippen LogP contribution in [0.5, 0.6) is 0 Å². The number of para-hydroxylation sites is 2. The molecule has 7 nitrogen and oxygen atoms in total. The van der Waals surface area contributed by atoms with E-state index in [0.717, 1.165) is 22.3 Å². The van der Waals surface area contributed by atoms with E-state index in [9.17, 15) is 9.59 Å². The van der Waals surface area contributed by atoms with Gasteiger partial charge in [0.15, 0.2) is 0 Å². The molecular weight excluding hydrogens is 344 g/mol. The SMILES string of the molecule is O=C1CC(c2cnc3ccccc3n2)c2ccc(N3CCOC3=O)cc2N1. The van der Waals surface area contributed by atoms with E-state index in [-0.39, 0.29) is 17.9 Å². The number of fused-ring (bicyclic) bond motifs is 2. The van der Waals surface area contributed by atoms with Crippen LogP contribution in [0.25, 0.3) is 11.0 Å². The van der Waals surface area contributed by atoms with Gasteiger partial charge in [-0.15, -0.1) is 0 Å². The second-order valence-electron chi connectivity index (χ2n) is 6.63. The van der Waals surface area contributed by atoms with Crippen molar-refractivity contribution < 1.29 is 14.3 Å². The van der Waals surface area contributed by atoms with Gasteiger partial charge in [-0.1, -0.05) is 18.2 Å². The number of nitrogens with one attached hydrogen (secondary N) is 1. The molecule has 0 radical (unpaired) electrons. The first-order valence-corrected chi connectivity index (χ1v) is 8.79. The van der Waals surface area contributed by atoms with E-state index in [1.54, 1.807) is 11.1 Å². The Kier molecular flexibility index (Phi) is 3.53. The van der Waals surface area contributed by atoms with E-state index in [2.05, 4.69) is 10.3 Å². The van der Waals surface area contributed by atoms with Crippen molar-refractivity contribution in [2.24, 2.45) is 0 Å². The number of benzene rings is 2. The molecule has 0 aliphatic carbocycles. The molecule has 0 saturated carbocycles. The zero-order valence-electron chi connectivity index (χ0n) is 14.4. The number of rotatable bonds is 2. The van der Waals surface area contributed by atoms with E-state index in [0.29, 0.717) is 30.9 Å². The van der Waals surface area contributed by atoms with Crippen LogP contribution in [-0.2, 0) is 9.53 Å². The Morgan fingerprint density at radius 3 is 2.78 bits per heavy atom. The van der Waals surface area contributed by atoms with Crippen molar-refractivity contribution >= 4 is 34.4 Å². The van der Waals surface area contributed by atoms with Gasteiger partial charge < -0.3 is 10.1 Å². The van der Waals surface area contributed by atoms with Crippen LogP contribution in [0.2, 0.25) is 0 Å². The average Bonchev–Trinajstić information content (AvgIpc) is 3.12. The van der Waals surface area contributed by atoms with Crippen molar-refractivity contribution in [3.63, 3.8) is 0 Å². The smallest absolute Gasteiger partial charge is 0.414 e. The number of aromatic nitrogens is 2.